The van der Waals surface area contributed by atoms with Crippen LogP contribution in [-0.4, -0.2) is 73.8 Å². The third-order valence-corrected chi connectivity index (χ3v) is 11.8. The normalized spacial score (nSPS) is 12.7. The minimum absolute atomic E-state index is 0.0131. The third kappa shape index (κ3) is 19.9. The number of carbonyl (C=O) groups excluding carboxylic acids is 4. The number of hydrogen-bond acceptors (Lipinski definition) is 7. The van der Waals surface area contributed by atoms with E-state index in [1.165, 1.54) is 82.0 Å². The van der Waals surface area contributed by atoms with Crippen LogP contribution in [0.2, 0.25) is 0 Å². The van der Waals surface area contributed by atoms with Gasteiger partial charge in [0.15, 0.2) is 0 Å². The average Bonchev–Trinajstić information content (AvgIpc) is 3.51. The molecule has 0 saturated heterocycles. The van der Waals surface area contributed by atoms with Gasteiger partial charge in [0.1, 0.15) is 5.00 Å². The number of thiophene rings is 1. The predicted molar refractivity (Wildman–Crippen MR) is 225 cm³/mol. The number of likely N-dealkylation sites (N-methyl/N-ethyl adjacent to an activating group) is 1. The Hall–Kier alpha value is -2.46. The van der Waals surface area contributed by atoms with Gasteiger partial charge in [-0.25, -0.2) is 0 Å². The van der Waals surface area contributed by atoms with Gasteiger partial charge in [-0.15, -0.1) is 11.3 Å². The number of esters is 1. The van der Waals surface area contributed by atoms with Crippen molar-refractivity contribution in [2.45, 2.75) is 188 Å². The first-order chi connectivity index (χ1) is 26.2. The number of nitrogens with one attached hydrogen (secondary N) is 2. The van der Waals surface area contributed by atoms with E-state index >= 15 is 0 Å². The summed E-state index contributed by atoms with van der Waals surface area (Å²) in [6, 6.07) is 0. The Morgan fingerprint density at radius 2 is 1.30 bits per heavy atom. The highest BCUT2D eigenvalue weighted by molar-refractivity contribution is 7.17. The lowest BCUT2D eigenvalue weighted by Crippen LogP contribution is -2.36. The SMILES string of the molecule is CCCCCCCCC(CCCCCCCC)C(=O)OCCCCCC(=O)N1CCc2c(sc(NC(=O)CCCCCCC)c2C(=O)NCCN(C)C)C1. The van der Waals surface area contributed by atoms with E-state index < -0.39 is 0 Å². The minimum atomic E-state index is -0.163. The molecule has 3 amide bonds. The molecule has 2 heterocycles. The second-order valence-electron chi connectivity index (χ2n) is 15.8. The zero-order chi connectivity index (χ0) is 39.4. The van der Waals surface area contributed by atoms with Crippen LogP contribution in [0.1, 0.15) is 196 Å². The highest BCUT2D eigenvalue weighted by atomic mass is 32.1. The fraction of sp³-hybridized carbons (Fsp3) is 0.818. The summed E-state index contributed by atoms with van der Waals surface area (Å²) in [6.45, 7) is 9.33. The molecule has 0 unspecified atom stereocenters. The van der Waals surface area contributed by atoms with Gasteiger partial charge in [-0.1, -0.05) is 124 Å². The highest BCUT2D eigenvalue weighted by Gasteiger charge is 2.30. The summed E-state index contributed by atoms with van der Waals surface area (Å²) in [5.74, 6) is -0.124. The Morgan fingerprint density at radius 1 is 0.741 bits per heavy atom. The summed E-state index contributed by atoms with van der Waals surface area (Å²) in [6.07, 6.45) is 25.8. The van der Waals surface area contributed by atoms with Gasteiger partial charge in [0.25, 0.3) is 5.91 Å². The van der Waals surface area contributed by atoms with Crippen molar-refractivity contribution in [1.82, 2.24) is 15.1 Å². The third-order valence-electron chi connectivity index (χ3n) is 10.7. The topological polar surface area (TPSA) is 108 Å². The van der Waals surface area contributed by atoms with Crippen LogP contribution in [0.15, 0.2) is 0 Å². The molecule has 1 aliphatic rings. The molecule has 9 nitrogen and oxygen atoms in total. The van der Waals surface area contributed by atoms with E-state index in [1.807, 2.05) is 23.9 Å². The summed E-state index contributed by atoms with van der Waals surface area (Å²) in [5.41, 5.74) is 1.52. The Balaban J connectivity index is 1.85. The maximum absolute atomic E-state index is 13.4. The van der Waals surface area contributed by atoms with Gasteiger partial charge in [0, 0.05) is 37.4 Å². The van der Waals surface area contributed by atoms with E-state index in [0.29, 0.717) is 56.1 Å². The van der Waals surface area contributed by atoms with Gasteiger partial charge in [0.2, 0.25) is 11.8 Å². The minimum Gasteiger partial charge on any atom is -0.465 e. The van der Waals surface area contributed by atoms with Crippen molar-refractivity contribution in [3.63, 3.8) is 0 Å². The van der Waals surface area contributed by atoms with Crippen LogP contribution in [0, 0.1) is 5.92 Å². The van der Waals surface area contributed by atoms with E-state index in [9.17, 15) is 19.2 Å². The predicted octanol–water partition coefficient (Wildman–Crippen LogP) is 10.4. The lowest BCUT2D eigenvalue weighted by molar-refractivity contribution is -0.149. The molecule has 0 saturated carbocycles. The van der Waals surface area contributed by atoms with E-state index in [2.05, 4.69) is 31.4 Å². The fourth-order valence-electron chi connectivity index (χ4n) is 7.23. The molecule has 2 rings (SSSR count). The van der Waals surface area contributed by atoms with Gasteiger partial charge < -0.3 is 25.2 Å². The molecule has 0 aliphatic carbocycles. The Bertz CT molecular complexity index is 1190. The van der Waals surface area contributed by atoms with Gasteiger partial charge in [-0.3, -0.25) is 19.2 Å². The summed E-state index contributed by atoms with van der Waals surface area (Å²) in [5, 5.41) is 6.70. The standard InChI is InChI=1S/C44H78N4O5S/c1-6-9-12-15-18-21-26-36(27-22-19-16-13-10-7-2)44(52)53-34-25-20-24-29-40(50)48-32-30-37-38(35-48)54-43(41(37)42(51)45-31-33-47(4)5)46-39(49)28-23-17-14-11-8-3/h36H,6-35H2,1-5H3,(H,45,51)(H,46,49). The number of unbranched alkanes of at least 4 members (excludes halogenated alkanes) is 16. The van der Waals surface area contributed by atoms with Crippen molar-refractivity contribution in [2.24, 2.45) is 5.92 Å². The van der Waals surface area contributed by atoms with Crippen LogP contribution in [0.4, 0.5) is 5.00 Å². The van der Waals surface area contributed by atoms with Crippen LogP contribution < -0.4 is 10.6 Å². The fourth-order valence-corrected chi connectivity index (χ4v) is 8.51. The van der Waals surface area contributed by atoms with E-state index in [4.69, 9.17) is 4.74 Å². The first-order valence-corrected chi connectivity index (χ1v) is 22.8. The second kappa shape index (κ2) is 29.8. The average molecular weight is 775 g/mol. The van der Waals surface area contributed by atoms with E-state index in [1.54, 1.807) is 0 Å². The Morgan fingerprint density at radius 3 is 1.91 bits per heavy atom. The van der Waals surface area contributed by atoms with Gasteiger partial charge in [-0.2, -0.15) is 0 Å². The molecule has 10 heteroatoms. The molecule has 2 N–H and O–H groups in total. The smallest absolute Gasteiger partial charge is 0.308 e. The first-order valence-electron chi connectivity index (χ1n) is 22.0. The molecular weight excluding hydrogens is 697 g/mol. The summed E-state index contributed by atoms with van der Waals surface area (Å²) < 4.78 is 5.79. The van der Waals surface area contributed by atoms with E-state index in [0.717, 1.165) is 87.6 Å². The molecule has 310 valence electrons. The van der Waals surface area contributed by atoms with Crippen LogP contribution >= 0.6 is 11.3 Å². The number of fused-ring (bicyclic) bond motifs is 1. The molecule has 0 radical (unpaired) electrons. The number of ether oxygens (including phenoxy) is 1. The van der Waals surface area contributed by atoms with Crippen molar-refractivity contribution >= 4 is 40.0 Å². The largest absolute Gasteiger partial charge is 0.465 e. The molecule has 54 heavy (non-hydrogen) atoms. The molecule has 1 aromatic heterocycles. The molecule has 0 spiro atoms. The lowest BCUT2D eigenvalue weighted by atomic mass is 9.94. The Labute approximate surface area is 333 Å². The maximum Gasteiger partial charge on any atom is 0.308 e. The van der Waals surface area contributed by atoms with Crippen molar-refractivity contribution in [3.8, 4) is 0 Å². The molecule has 1 aliphatic heterocycles. The lowest BCUT2D eigenvalue weighted by Gasteiger charge is -2.27. The molecule has 0 atom stereocenters. The zero-order valence-electron chi connectivity index (χ0n) is 35.1. The van der Waals surface area contributed by atoms with E-state index in [-0.39, 0.29) is 29.6 Å². The molecule has 0 aromatic carbocycles. The second-order valence-corrected chi connectivity index (χ2v) is 16.9. The van der Waals surface area contributed by atoms with Crippen LogP contribution in [0.3, 0.4) is 0 Å². The van der Waals surface area contributed by atoms with Crippen molar-refractivity contribution in [3.05, 3.63) is 16.0 Å². The van der Waals surface area contributed by atoms with Crippen LogP contribution in [0.5, 0.6) is 0 Å². The van der Waals surface area contributed by atoms with Gasteiger partial charge in [-0.05, 0) is 64.6 Å². The number of hydrogen-bond donors (Lipinski definition) is 2. The van der Waals surface area contributed by atoms with Crippen LogP contribution in [0.25, 0.3) is 0 Å². The summed E-state index contributed by atoms with van der Waals surface area (Å²) in [7, 11) is 3.94. The summed E-state index contributed by atoms with van der Waals surface area (Å²) in [4.78, 5) is 57.6. The van der Waals surface area contributed by atoms with Gasteiger partial charge in [0.05, 0.1) is 24.6 Å². The van der Waals surface area contributed by atoms with Gasteiger partial charge >= 0.3 is 5.97 Å². The molecule has 1 aromatic rings. The molecule has 0 bridgehead atoms. The van der Waals surface area contributed by atoms with Crippen LogP contribution in [-0.2, 0) is 32.1 Å². The zero-order valence-corrected chi connectivity index (χ0v) is 36.0. The number of rotatable bonds is 32. The Kier molecular flexibility index (Phi) is 26.3. The number of nitrogens with zero attached hydrogens (tertiary/aromatic N) is 2. The van der Waals surface area contributed by atoms with Crippen molar-refractivity contribution in [1.29, 1.82) is 0 Å². The maximum atomic E-state index is 13.4. The van der Waals surface area contributed by atoms with Crippen molar-refractivity contribution < 1.29 is 23.9 Å². The molecule has 0 fully saturated rings. The molecular formula is C44H78N4O5S. The number of carbonyl (C=O) groups is 4. The summed E-state index contributed by atoms with van der Waals surface area (Å²) >= 11 is 1.44. The van der Waals surface area contributed by atoms with Crippen molar-refractivity contribution in [2.75, 3.05) is 45.7 Å². The quantitative estimate of drug-likeness (QED) is 0.0557. The monoisotopic (exact) mass is 775 g/mol. The first kappa shape index (κ1) is 47.7. The highest BCUT2D eigenvalue weighted by Crippen LogP contribution is 2.37. The number of amides is 3. The number of anilines is 1.